The number of nitro groups is 1. The third-order valence-corrected chi connectivity index (χ3v) is 3.11. The summed E-state index contributed by atoms with van der Waals surface area (Å²) in [7, 11) is 1.88. The Hall–Kier alpha value is -1.13. The van der Waals surface area contributed by atoms with Gasteiger partial charge in [-0.3, -0.25) is 10.1 Å². The third-order valence-electron chi connectivity index (χ3n) is 2.87. The smallest absolute Gasteiger partial charge is 0.274 e. The summed E-state index contributed by atoms with van der Waals surface area (Å²) >= 11 is 5.80. The fourth-order valence-electron chi connectivity index (χ4n) is 2.02. The highest BCUT2D eigenvalue weighted by molar-refractivity contribution is 6.30. The van der Waals surface area contributed by atoms with Crippen molar-refractivity contribution in [1.82, 2.24) is 5.32 Å². The van der Waals surface area contributed by atoms with Crippen molar-refractivity contribution in [2.24, 2.45) is 5.92 Å². The van der Waals surface area contributed by atoms with Crippen LogP contribution in [0.1, 0.15) is 25.8 Å². The lowest BCUT2D eigenvalue weighted by Gasteiger charge is -2.18. The summed E-state index contributed by atoms with van der Waals surface area (Å²) in [6.45, 7) is 4.28. The van der Waals surface area contributed by atoms with E-state index in [4.69, 9.17) is 11.6 Å². The van der Waals surface area contributed by atoms with Crippen LogP contribution < -0.4 is 5.32 Å². The van der Waals surface area contributed by atoms with E-state index < -0.39 is 0 Å². The predicted molar refractivity (Wildman–Crippen MR) is 74.1 cm³/mol. The molecule has 1 unspecified atom stereocenters. The first-order valence-corrected chi connectivity index (χ1v) is 6.42. The Bertz CT molecular complexity index is 421. The van der Waals surface area contributed by atoms with Crippen LogP contribution in [-0.2, 0) is 6.42 Å². The van der Waals surface area contributed by atoms with Crippen LogP contribution in [0.3, 0.4) is 0 Å². The molecule has 100 valence electrons. The highest BCUT2D eigenvalue weighted by Crippen LogP contribution is 2.25. The van der Waals surface area contributed by atoms with Crippen molar-refractivity contribution in [1.29, 1.82) is 0 Å². The van der Waals surface area contributed by atoms with Gasteiger partial charge in [0.2, 0.25) is 0 Å². The number of nitrogens with zero attached hydrogens (tertiary/aromatic N) is 1. The van der Waals surface area contributed by atoms with Crippen molar-refractivity contribution in [3.63, 3.8) is 0 Å². The van der Waals surface area contributed by atoms with Crippen molar-refractivity contribution in [3.8, 4) is 0 Å². The van der Waals surface area contributed by atoms with Crippen molar-refractivity contribution in [2.75, 3.05) is 7.05 Å². The Balaban J connectivity index is 2.91. The van der Waals surface area contributed by atoms with Gasteiger partial charge >= 0.3 is 0 Å². The maximum Gasteiger partial charge on any atom is 0.274 e. The molecule has 0 radical (unpaired) electrons. The molecule has 0 spiro atoms. The minimum Gasteiger partial charge on any atom is -0.317 e. The molecule has 1 aromatic carbocycles. The lowest BCUT2D eigenvalue weighted by Crippen LogP contribution is -2.29. The van der Waals surface area contributed by atoms with Crippen LogP contribution in [0.15, 0.2) is 18.2 Å². The van der Waals surface area contributed by atoms with Gasteiger partial charge < -0.3 is 5.32 Å². The Morgan fingerprint density at radius 1 is 1.44 bits per heavy atom. The van der Waals surface area contributed by atoms with Gasteiger partial charge in [0.05, 0.1) is 4.92 Å². The number of likely N-dealkylation sites (N-methyl/N-ethyl adjacent to an activating group) is 1. The Kier molecular flexibility index (Phi) is 5.56. The van der Waals surface area contributed by atoms with Crippen molar-refractivity contribution >= 4 is 17.3 Å². The second-order valence-electron chi connectivity index (χ2n) is 4.85. The van der Waals surface area contributed by atoms with Gasteiger partial charge in [0.25, 0.3) is 5.69 Å². The molecule has 0 saturated carbocycles. The Morgan fingerprint density at radius 2 is 2.11 bits per heavy atom. The van der Waals surface area contributed by atoms with Crippen LogP contribution >= 0.6 is 11.6 Å². The van der Waals surface area contributed by atoms with Gasteiger partial charge in [-0.15, -0.1) is 0 Å². The standard InChI is InChI=1S/C13H19ClN2O2/c1-9(2)6-12(15-3)7-10-4-5-11(14)8-13(10)16(17)18/h4-5,8-9,12,15H,6-7H2,1-3H3. The quantitative estimate of drug-likeness (QED) is 0.636. The summed E-state index contributed by atoms with van der Waals surface area (Å²) in [4.78, 5) is 10.6. The zero-order valence-corrected chi connectivity index (χ0v) is 11.7. The SMILES string of the molecule is CNC(Cc1ccc(Cl)cc1[N+](=O)[O-])CC(C)C. The van der Waals surface area contributed by atoms with E-state index in [-0.39, 0.29) is 16.7 Å². The van der Waals surface area contributed by atoms with Gasteiger partial charge in [0.15, 0.2) is 0 Å². The van der Waals surface area contributed by atoms with Crippen LogP contribution in [0.2, 0.25) is 5.02 Å². The highest BCUT2D eigenvalue weighted by Gasteiger charge is 2.18. The van der Waals surface area contributed by atoms with E-state index >= 15 is 0 Å². The fraction of sp³-hybridized carbons (Fsp3) is 0.538. The number of nitro benzene ring substituents is 1. The molecule has 0 heterocycles. The molecule has 1 N–H and O–H groups in total. The first kappa shape index (κ1) is 14.9. The minimum atomic E-state index is -0.372. The summed E-state index contributed by atoms with van der Waals surface area (Å²) in [5.41, 5.74) is 0.830. The number of nitrogens with one attached hydrogen (secondary N) is 1. The van der Waals surface area contributed by atoms with Gasteiger partial charge in [-0.1, -0.05) is 31.5 Å². The highest BCUT2D eigenvalue weighted by atomic mass is 35.5. The van der Waals surface area contributed by atoms with Crippen molar-refractivity contribution < 1.29 is 4.92 Å². The van der Waals surface area contributed by atoms with E-state index in [1.807, 2.05) is 7.05 Å². The molecule has 0 aliphatic heterocycles. The predicted octanol–water partition coefficient (Wildman–Crippen LogP) is 3.42. The maximum absolute atomic E-state index is 11.0. The molecule has 1 rings (SSSR count). The normalized spacial score (nSPS) is 12.7. The monoisotopic (exact) mass is 270 g/mol. The number of rotatable bonds is 6. The lowest BCUT2D eigenvalue weighted by atomic mass is 9.96. The van der Waals surface area contributed by atoms with Crippen LogP contribution in [-0.4, -0.2) is 18.0 Å². The summed E-state index contributed by atoms with van der Waals surface area (Å²) in [5, 5.41) is 14.6. The largest absolute Gasteiger partial charge is 0.317 e. The number of hydrogen-bond donors (Lipinski definition) is 1. The average Bonchev–Trinajstić information content (AvgIpc) is 2.29. The van der Waals surface area contributed by atoms with Gasteiger partial charge in [-0.25, -0.2) is 0 Å². The number of benzene rings is 1. The zero-order chi connectivity index (χ0) is 13.7. The number of halogens is 1. The van der Waals surface area contributed by atoms with Crippen LogP contribution in [0, 0.1) is 16.0 Å². The van der Waals surface area contributed by atoms with Gasteiger partial charge in [0, 0.05) is 22.7 Å². The topological polar surface area (TPSA) is 55.2 Å². The summed E-state index contributed by atoms with van der Waals surface area (Å²) in [5.74, 6) is 0.550. The summed E-state index contributed by atoms with van der Waals surface area (Å²) in [6.07, 6.45) is 1.62. The Labute approximate surface area is 112 Å². The molecule has 18 heavy (non-hydrogen) atoms. The van der Waals surface area contributed by atoms with Crippen LogP contribution in [0.25, 0.3) is 0 Å². The van der Waals surface area contributed by atoms with E-state index in [1.54, 1.807) is 12.1 Å². The molecule has 0 saturated heterocycles. The van der Waals surface area contributed by atoms with E-state index in [0.29, 0.717) is 17.4 Å². The van der Waals surface area contributed by atoms with E-state index in [9.17, 15) is 10.1 Å². The molecule has 0 amide bonds. The van der Waals surface area contributed by atoms with Crippen molar-refractivity contribution in [2.45, 2.75) is 32.7 Å². The van der Waals surface area contributed by atoms with E-state index in [0.717, 1.165) is 12.0 Å². The van der Waals surface area contributed by atoms with Crippen molar-refractivity contribution in [3.05, 3.63) is 38.9 Å². The third kappa shape index (κ3) is 4.27. The molecule has 1 atom stereocenters. The van der Waals surface area contributed by atoms with Gasteiger partial charge in [0.1, 0.15) is 0 Å². The molecule has 0 bridgehead atoms. The Morgan fingerprint density at radius 3 is 2.61 bits per heavy atom. The van der Waals surface area contributed by atoms with Gasteiger partial charge in [-0.2, -0.15) is 0 Å². The zero-order valence-electron chi connectivity index (χ0n) is 10.9. The first-order valence-electron chi connectivity index (χ1n) is 6.04. The summed E-state index contributed by atoms with van der Waals surface area (Å²) < 4.78 is 0. The first-order chi connectivity index (χ1) is 8.43. The number of hydrogen-bond acceptors (Lipinski definition) is 3. The molecular weight excluding hydrogens is 252 g/mol. The molecular formula is C13H19ClN2O2. The van der Waals surface area contributed by atoms with Gasteiger partial charge in [-0.05, 0) is 31.9 Å². The molecule has 5 heteroatoms. The van der Waals surface area contributed by atoms with Crippen LogP contribution in [0.4, 0.5) is 5.69 Å². The van der Waals surface area contributed by atoms with Crippen LogP contribution in [0.5, 0.6) is 0 Å². The molecule has 4 nitrogen and oxygen atoms in total. The minimum absolute atomic E-state index is 0.103. The lowest BCUT2D eigenvalue weighted by molar-refractivity contribution is -0.385. The molecule has 0 aromatic heterocycles. The second kappa shape index (κ2) is 6.71. The summed E-state index contributed by atoms with van der Waals surface area (Å²) in [6, 6.07) is 5.10. The molecule has 1 aromatic rings. The fourth-order valence-corrected chi connectivity index (χ4v) is 2.18. The second-order valence-corrected chi connectivity index (χ2v) is 5.29. The molecule has 0 aliphatic rings. The van der Waals surface area contributed by atoms with E-state index in [2.05, 4.69) is 19.2 Å². The average molecular weight is 271 g/mol. The molecule has 0 fully saturated rings. The van der Waals surface area contributed by atoms with E-state index in [1.165, 1.54) is 6.07 Å². The molecule has 0 aliphatic carbocycles. The maximum atomic E-state index is 11.0.